The molecule has 3 aromatic rings. The average Bonchev–Trinajstić information content (AvgIpc) is 3.06. The molecule has 0 aliphatic rings. The number of nitrogens with zero attached hydrogens (tertiary/aromatic N) is 2. The SMILES string of the molecule is Cn1cccc1C(=O)NNC(=O)c1cccnc1Nc1cccc(F)c1. The molecule has 132 valence electrons. The Morgan fingerprint density at radius 2 is 1.85 bits per heavy atom. The zero-order valence-electron chi connectivity index (χ0n) is 13.9. The summed E-state index contributed by atoms with van der Waals surface area (Å²) in [5.41, 5.74) is 5.74. The van der Waals surface area contributed by atoms with E-state index in [1.54, 1.807) is 54.2 Å². The second kappa shape index (κ2) is 7.47. The van der Waals surface area contributed by atoms with Gasteiger partial charge in [0, 0.05) is 25.1 Å². The van der Waals surface area contributed by atoms with Gasteiger partial charge in [0.25, 0.3) is 11.8 Å². The molecule has 2 aromatic heterocycles. The van der Waals surface area contributed by atoms with Crippen LogP contribution in [-0.2, 0) is 7.05 Å². The van der Waals surface area contributed by atoms with Crippen LogP contribution in [0.4, 0.5) is 15.9 Å². The number of benzene rings is 1. The Morgan fingerprint density at radius 1 is 1.04 bits per heavy atom. The van der Waals surface area contributed by atoms with Crippen molar-refractivity contribution in [3.05, 3.63) is 78.0 Å². The first-order chi connectivity index (χ1) is 12.5. The Labute approximate surface area is 148 Å². The van der Waals surface area contributed by atoms with Gasteiger partial charge in [-0.2, -0.15) is 0 Å². The number of rotatable bonds is 4. The van der Waals surface area contributed by atoms with Crippen molar-refractivity contribution in [1.82, 2.24) is 20.4 Å². The summed E-state index contributed by atoms with van der Waals surface area (Å²) in [7, 11) is 1.72. The third-order valence-corrected chi connectivity index (χ3v) is 3.61. The fourth-order valence-electron chi connectivity index (χ4n) is 2.33. The van der Waals surface area contributed by atoms with Crippen molar-refractivity contribution in [2.24, 2.45) is 7.05 Å². The fraction of sp³-hybridized carbons (Fsp3) is 0.0556. The van der Waals surface area contributed by atoms with Crippen LogP contribution in [-0.4, -0.2) is 21.4 Å². The molecule has 0 aliphatic heterocycles. The van der Waals surface area contributed by atoms with Gasteiger partial charge < -0.3 is 9.88 Å². The lowest BCUT2D eigenvalue weighted by Gasteiger charge is -2.12. The van der Waals surface area contributed by atoms with E-state index in [1.807, 2.05) is 0 Å². The van der Waals surface area contributed by atoms with Crippen LogP contribution in [0.25, 0.3) is 0 Å². The maximum atomic E-state index is 13.3. The molecule has 26 heavy (non-hydrogen) atoms. The monoisotopic (exact) mass is 353 g/mol. The molecule has 0 unspecified atom stereocenters. The molecule has 0 atom stereocenters. The minimum Gasteiger partial charge on any atom is -0.347 e. The molecule has 3 N–H and O–H groups in total. The summed E-state index contributed by atoms with van der Waals surface area (Å²) in [6.45, 7) is 0. The summed E-state index contributed by atoms with van der Waals surface area (Å²) >= 11 is 0. The molecule has 3 rings (SSSR count). The molecular formula is C18H16FN5O2. The second-order valence-corrected chi connectivity index (χ2v) is 5.45. The van der Waals surface area contributed by atoms with Gasteiger partial charge in [-0.05, 0) is 42.5 Å². The van der Waals surface area contributed by atoms with E-state index in [-0.39, 0.29) is 11.4 Å². The number of hydrazine groups is 1. The number of aromatic nitrogens is 2. The Morgan fingerprint density at radius 3 is 2.58 bits per heavy atom. The van der Waals surface area contributed by atoms with Crippen molar-refractivity contribution in [3.63, 3.8) is 0 Å². The van der Waals surface area contributed by atoms with Crippen LogP contribution in [0.5, 0.6) is 0 Å². The maximum absolute atomic E-state index is 13.3. The average molecular weight is 353 g/mol. The van der Waals surface area contributed by atoms with Crippen LogP contribution < -0.4 is 16.2 Å². The number of nitrogens with one attached hydrogen (secondary N) is 3. The van der Waals surface area contributed by atoms with E-state index in [2.05, 4.69) is 21.2 Å². The van der Waals surface area contributed by atoms with Crippen LogP contribution in [0.3, 0.4) is 0 Å². The molecule has 0 saturated carbocycles. The molecule has 0 aliphatic carbocycles. The molecule has 0 fully saturated rings. The zero-order valence-corrected chi connectivity index (χ0v) is 13.9. The maximum Gasteiger partial charge on any atom is 0.286 e. The molecule has 0 radical (unpaired) electrons. The van der Waals surface area contributed by atoms with Crippen molar-refractivity contribution < 1.29 is 14.0 Å². The first-order valence-electron chi connectivity index (χ1n) is 7.74. The topological polar surface area (TPSA) is 88.1 Å². The number of anilines is 2. The number of hydrogen-bond acceptors (Lipinski definition) is 4. The minimum atomic E-state index is -0.556. The van der Waals surface area contributed by atoms with E-state index >= 15 is 0 Å². The predicted octanol–water partition coefficient (Wildman–Crippen LogP) is 2.38. The number of halogens is 1. The lowest BCUT2D eigenvalue weighted by Crippen LogP contribution is -2.42. The summed E-state index contributed by atoms with van der Waals surface area (Å²) in [4.78, 5) is 28.6. The molecule has 0 saturated heterocycles. The largest absolute Gasteiger partial charge is 0.347 e. The van der Waals surface area contributed by atoms with Gasteiger partial charge in [-0.15, -0.1) is 0 Å². The van der Waals surface area contributed by atoms with E-state index in [9.17, 15) is 14.0 Å². The molecular weight excluding hydrogens is 337 g/mol. The Kier molecular flexibility index (Phi) is 4.93. The zero-order chi connectivity index (χ0) is 18.5. The molecule has 2 heterocycles. The first kappa shape index (κ1) is 17.2. The van der Waals surface area contributed by atoms with Gasteiger partial charge in [0.15, 0.2) is 0 Å². The van der Waals surface area contributed by atoms with Crippen molar-refractivity contribution in [3.8, 4) is 0 Å². The normalized spacial score (nSPS) is 10.2. The van der Waals surface area contributed by atoms with Gasteiger partial charge in [0.2, 0.25) is 0 Å². The van der Waals surface area contributed by atoms with Crippen LogP contribution >= 0.6 is 0 Å². The Bertz CT molecular complexity index is 954. The highest BCUT2D eigenvalue weighted by Gasteiger charge is 2.15. The van der Waals surface area contributed by atoms with Gasteiger partial charge in [0.05, 0.1) is 5.56 Å². The highest BCUT2D eigenvalue weighted by molar-refractivity contribution is 6.01. The van der Waals surface area contributed by atoms with Crippen LogP contribution in [0.15, 0.2) is 60.9 Å². The lowest BCUT2D eigenvalue weighted by molar-refractivity contribution is 0.0842. The van der Waals surface area contributed by atoms with E-state index in [4.69, 9.17) is 0 Å². The first-order valence-corrected chi connectivity index (χ1v) is 7.74. The molecule has 2 amide bonds. The highest BCUT2D eigenvalue weighted by Crippen LogP contribution is 2.19. The number of carbonyl (C=O) groups is 2. The van der Waals surface area contributed by atoms with Gasteiger partial charge in [-0.1, -0.05) is 6.07 Å². The summed E-state index contributed by atoms with van der Waals surface area (Å²) in [6, 6.07) is 12.3. The van der Waals surface area contributed by atoms with Gasteiger partial charge >= 0.3 is 0 Å². The predicted molar refractivity (Wildman–Crippen MR) is 94.3 cm³/mol. The van der Waals surface area contributed by atoms with Gasteiger partial charge in [-0.3, -0.25) is 20.4 Å². The van der Waals surface area contributed by atoms with Gasteiger partial charge in [0.1, 0.15) is 17.3 Å². The number of hydrogen-bond donors (Lipinski definition) is 3. The second-order valence-electron chi connectivity index (χ2n) is 5.45. The number of aryl methyl sites for hydroxylation is 1. The summed E-state index contributed by atoms with van der Waals surface area (Å²) in [5.74, 6) is -1.18. The molecule has 1 aromatic carbocycles. The van der Waals surface area contributed by atoms with Crippen molar-refractivity contribution in [1.29, 1.82) is 0 Å². The molecule has 0 bridgehead atoms. The third kappa shape index (κ3) is 3.86. The van der Waals surface area contributed by atoms with Crippen LogP contribution in [0.1, 0.15) is 20.8 Å². The Balaban J connectivity index is 1.71. The van der Waals surface area contributed by atoms with Crippen LogP contribution in [0, 0.1) is 5.82 Å². The molecule has 7 nitrogen and oxygen atoms in total. The van der Waals surface area contributed by atoms with Crippen LogP contribution in [0.2, 0.25) is 0 Å². The van der Waals surface area contributed by atoms with E-state index in [0.29, 0.717) is 11.4 Å². The summed E-state index contributed by atoms with van der Waals surface area (Å²) < 4.78 is 14.9. The van der Waals surface area contributed by atoms with E-state index in [0.717, 1.165) is 0 Å². The van der Waals surface area contributed by atoms with Crippen molar-refractivity contribution >= 4 is 23.3 Å². The van der Waals surface area contributed by atoms with E-state index < -0.39 is 17.6 Å². The number of amides is 2. The minimum absolute atomic E-state index is 0.198. The summed E-state index contributed by atoms with van der Waals surface area (Å²) in [6.07, 6.45) is 3.22. The quantitative estimate of drug-likeness (QED) is 0.629. The smallest absolute Gasteiger partial charge is 0.286 e. The third-order valence-electron chi connectivity index (χ3n) is 3.61. The number of pyridine rings is 1. The highest BCUT2D eigenvalue weighted by atomic mass is 19.1. The standard InChI is InChI=1S/C18H16FN5O2/c1-24-10-4-8-15(24)18(26)23-22-17(25)14-7-3-9-20-16(14)21-13-6-2-5-12(19)11-13/h2-11H,1H3,(H,20,21)(H,22,25)(H,23,26). The van der Waals surface area contributed by atoms with E-state index in [1.165, 1.54) is 18.3 Å². The molecule has 0 spiro atoms. The van der Waals surface area contributed by atoms with Gasteiger partial charge in [-0.25, -0.2) is 9.37 Å². The van der Waals surface area contributed by atoms with Crippen molar-refractivity contribution in [2.45, 2.75) is 0 Å². The summed E-state index contributed by atoms with van der Waals surface area (Å²) in [5, 5.41) is 2.89. The number of carbonyl (C=O) groups excluding carboxylic acids is 2. The Hall–Kier alpha value is -3.68. The fourth-order valence-corrected chi connectivity index (χ4v) is 2.33. The molecule has 8 heteroatoms. The lowest BCUT2D eigenvalue weighted by atomic mass is 10.2. The van der Waals surface area contributed by atoms with Crippen molar-refractivity contribution in [2.75, 3.05) is 5.32 Å².